The van der Waals surface area contributed by atoms with Crippen molar-refractivity contribution in [3.63, 3.8) is 0 Å². The molecule has 12 heavy (non-hydrogen) atoms. The predicted molar refractivity (Wildman–Crippen MR) is 36.4 cm³/mol. The van der Waals surface area contributed by atoms with Gasteiger partial charge in [-0.1, -0.05) is 0 Å². The van der Waals surface area contributed by atoms with Crippen molar-refractivity contribution in [3.8, 4) is 0 Å². The Bertz CT molecular complexity index is 190. The molecule has 0 aromatic rings. The third kappa shape index (κ3) is 2.20. The Morgan fingerprint density at radius 3 is 2.33 bits per heavy atom. The number of rotatable bonds is 0. The van der Waals surface area contributed by atoms with Crippen molar-refractivity contribution < 1.29 is 18.0 Å². The lowest BCUT2D eigenvalue weighted by Gasteiger charge is -2.27. The van der Waals surface area contributed by atoms with Gasteiger partial charge in [0.05, 0.1) is 5.92 Å². The zero-order chi connectivity index (χ0) is 9.35. The van der Waals surface area contributed by atoms with Gasteiger partial charge in [-0.3, -0.25) is 4.79 Å². The van der Waals surface area contributed by atoms with E-state index >= 15 is 0 Å². The molecular formula is C7H10F3NO. The maximum atomic E-state index is 12.1. The number of hydrogen-bond acceptors (Lipinski definition) is 2. The summed E-state index contributed by atoms with van der Waals surface area (Å²) >= 11 is 0. The lowest BCUT2D eigenvalue weighted by Crippen LogP contribution is -2.39. The quantitative estimate of drug-likeness (QED) is 0.611. The Morgan fingerprint density at radius 2 is 1.92 bits per heavy atom. The second-order valence-electron chi connectivity index (χ2n) is 3.18. The number of alkyl halides is 3. The third-order valence-corrected chi connectivity index (χ3v) is 2.01. The largest absolute Gasteiger partial charge is 0.392 e. The van der Waals surface area contributed by atoms with E-state index in [1.165, 1.54) is 0 Å². The van der Waals surface area contributed by atoms with E-state index in [4.69, 9.17) is 5.73 Å². The highest BCUT2D eigenvalue weighted by Gasteiger charge is 2.43. The second-order valence-corrected chi connectivity index (χ2v) is 3.18. The number of hydrogen-bond donors (Lipinski definition) is 1. The zero-order valence-corrected chi connectivity index (χ0v) is 6.40. The molecule has 2 N–H and O–H groups in total. The number of nitrogens with two attached hydrogens (primary N) is 1. The van der Waals surface area contributed by atoms with E-state index < -0.39 is 24.6 Å². The minimum Gasteiger partial charge on any atom is -0.327 e. The Labute approximate surface area is 67.9 Å². The molecular weight excluding hydrogens is 171 g/mol. The van der Waals surface area contributed by atoms with Gasteiger partial charge >= 0.3 is 6.18 Å². The van der Waals surface area contributed by atoms with Gasteiger partial charge in [0.2, 0.25) is 0 Å². The molecule has 1 aliphatic carbocycles. The average molecular weight is 181 g/mol. The summed E-state index contributed by atoms with van der Waals surface area (Å²) in [6, 6.07) is -0.613. The molecule has 2 nitrogen and oxygen atoms in total. The van der Waals surface area contributed by atoms with Gasteiger partial charge in [-0.15, -0.1) is 0 Å². The van der Waals surface area contributed by atoms with Crippen molar-refractivity contribution in [3.05, 3.63) is 0 Å². The van der Waals surface area contributed by atoms with Crippen molar-refractivity contribution in [1.29, 1.82) is 0 Å². The zero-order valence-electron chi connectivity index (χ0n) is 6.40. The normalized spacial score (nSPS) is 32.2. The van der Waals surface area contributed by atoms with Gasteiger partial charge in [0.1, 0.15) is 5.78 Å². The van der Waals surface area contributed by atoms with E-state index in [1.54, 1.807) is 0 Å². The number of ketones is 1. The van der Waals surface area contributed by atoms with E-state index in [2.05, 4.69) is 0 Å². The van der Waals surface area contributed by atoms with Crippen LogP contribution in [0.3, 0.4) is 0 Å². The summed E-state index contributed by atoms with van der Waals surface area (Å²) in [6.45, 7) is 0. The van der Waals surface area contributed by atoms with E-state index in [9.17, 15) is 18.0 Å². The minimum atomic E-state index is -4.27. The minimum absolute atomic E-state index is 0.0899. The monoisotopic (exact) mass is 181 g/mol. The van der Waals surface area contributed by atoms with Gasteiger partial charge in [-0.2, -0.15) is 13.2 Å². The maximum absolute atomic E-state index is 12.1. The van der Waals surface area contributed by atoms with Crippen LogP contribution in [-0.4, -0.2) is 18.0 Å². The van der Waals surface area contributed by atoms with Crippen LogP contribution in [0.1, 0.15) is 19.3 Å². The molecule has 0 saturated heterocycles. The maximum Gasteiger partial charge on any atom is 0.392 e. The molecule has 0 bridgehead atoms. The highest BCUT2D eigenvalue weighted by molar-refractivity contribution is 5.80. The topological polar surface area (TPSA) is 43.1 Å². The highest BCUT2D eigenvalue weighted by Crippen LogP contribution is 2.35. The fourth-order valence-electron chi connectivity index (χ4n) is 1.43. The Kier molecular flexibility index (Phi) is 2.41. The molecule has 0 aliphatic heterocycles. The van der Waals surface area contributed by atoms with Gasteiger partial charge in [0, 0.05) is 18.9 Å². The van der Waals surface area contributed by atoms with Gasteiger partial charge in [-0.25, -0.2) is 0 Å². The van der Waals surface area contributed by atoms with Crippen LogP contribution in [0.15, 0.2) is 0 Å². The summed E-state index contributed by atoms with van der Waals surface area (Å²) < 4.78 is 36.2. The molecule has 1 aliphatic rings. The first-order valence-corrected chi connectivity index (χ1v) is 3.73. The van der Waals surface area contributed by atoms with Crippen molar-refractivity contribution >= 4 is 5.78 Å². The second kappa shape index (κ2) is 3.05. The highest BCUT2D eigenvalue weighted by atomic mass is 19.4. The first-order valence-electron chi connectivity index (χ1n) is 3.73. The number of carbonyl (C=O) groups excluding carboxylic acids is 1. The number of carbonyl (C=O) groups is 1. The summed E-state index contributed by atoms with van der Waals surface area (Å²) in [5.74, 6) is -1.90. The summed E-state index contributed by atoms with van der Waals surface area (Å²) in [7, 11) is 0. The van der Waals surface area contributed by atoms with Crippen LogP contribution in [-0.2, 0) is 4.79 Å². The third-order valence-electron chi connectivity index (χ3n) is 2.01. The predicted octanol–water partition coefficient (Wildman–Crippen LogP) is 1.25. The number of halogens is 3. The van der Waals surface area contributed by atoms with Crippen molar-refractivity contribution in [2.24, 2.45) is 11.7 Å². The molecule has 2 atom stereocenters. The van der Waals surface area contributed by atoms with Gasteiger partial charge in [-0.05, 0) is 6.42 Å². The van der Waals surface area contributed by atoms with Crippen LogP contribution in [0, 0.1) is 5.92 Å². The summed E-state index contributed by atoms with van der Waals surface area (Å²) in [5.41, 5.74) is 5.29. The van der Waals surface area contributed by atoms with E-state index in [0.717, 1.165) is 0 Å². The molecule has 2 unspecified atom stereocenters. The molecule has 0 heterocycles. The van der Waals surface area contributed by atoms with Crippen molar-refractivity contribution in [2.75, 3.05) is 0 Å². The van der Waals surface area contributed by atoms with E-state index in [0.29, 0.717) is 0 Å². The van der Waals surface area contributed by atoms with Crippen molar-refractivity contribution in [2.45, 2.75) is 31.5 Å². The van der Waals surface area contributed by atoms with E-state index in [1.807, 2.05) is 0 Å². The molecule has 0 radical (unpaired) electrons. The molecule has 0 aromatic carbocycles. The number of Topliss-reactive ketones (excluding diaryl/α,β-unsaturated/α-hetero) is 1. The SMILES string of the molecule is NC1CC(=O)CC(C(F)(F)F)C1. The fourth-order valence-corrected chi connectivity index (χ4v) is 1.43. The molecule has 1 rings (SSSR count). The molecule has 1 saturated carbocycles. The standard InChI is InChI=1S/C7H10F3NO/c8-7(9,10)4-1-5(11)3-6(12)2-4/h4-5H,1-3,11H2. The molecule has 0 amide bonds. The Balaban J connectivity index is 2.62. The lowest BCUT2D eigenvalue weighted by molar-refractivity contribution is -0.184. The fraction of sp³-hybridized carbons (Fsp3) is 0.857. The lowest BCUT2D eigenvalue weighted by atomic mass is 9.85. The van der Waals surface area contributed by atoms with Crippen LogP contribution in [0.4, 0.5) is 13.2 Å². The van der Waals surface area contributed by atoms with Gasteiger partial charge in [0.25, 0.3) is 0 Å². The van der Waals surface area contributed by atoms with Crippen LogP contribution in [0.25, 0.3) is 0 Å². The van der Waals surface area contributed by atoms with Crippen molar-refractivity contribution in [1.82, 2.24) is 0 Å². The first kappa shape index (κ1) is 9.51. The molecule has 70 valence electrons. The summed E-state index contributed by atoms with van der Waals surface area (Å²) in [5, 5.41) is 0. The van der Waals surface area contributed by atoms with Crippen LogP contribution < -0.4 is 5.73 Å². The summed E-state index contributed by atoms with van der Waals surface area (Å²) in [4.78, 5) is 10.8. The Hall–Kier alpha value is -0.580. The molecule has 5 heteroatoms. The van der Waals surface area contributed by atoms with Crippen LogP contribution >= 0.6 is 0 Å². The molecule has 1 fully saturated rings. The smallest absolute Gasteiger partial charge is 0.327 e. The van der Waals surface area contributed by atoms with Crippen LogP contribution in [0.5, 0.6) is 0 Å². The van der Waals surface area contributed by atoms with E-state index in [-0.39, 0.29) is 18.6 Å². The van der Waals surface area contributed by atoms with Gasteiger partial charge in [0.15, 0.2) is 0 Å². The Morgan fingerprint density at radius 1 is 1.33 bits per heavy atom. The first-order chi connectivity index (χ1) is 5.39. The van der Waals surface area contributed by atoms with Gasteiger partial charge < -0.3 is 5.73 Å². The summed E-state index contributed by atoms with van der Waals surface area (Å²) in [6.07, 6.45) is -4.69. The van der Waals surface area contributed by atoms with Crippen LogP contribution in [0.2, 0.25) is 0 Å². The average Bonchev–Trinajstić information content (AvgIpc) is 1.82. The molecule has 0 spiro atoms. The molecule has 0 aromatic heterocycles.